The fourth-order valence-corrected chi connectivity index (χ4v) is 2.26. The SMILES string of the molecule is Cc1cc2c(cc1Cl)NC(=O)C(CCC#N)C2. The topological polar surface area (TPSA) is 52.9 Å². The minimum absolute atomic E-state index is 0.00679. The van der Waals surface area contributed by atoms with Gasteiger partial charge in [0.15, 0.2) is 0 Å². The van der Waals surface area contributed by atoms with Gasteiger partial charge in [-0.1, -0.05) is 17.7 Å². The van der Waals surface area contributed by atoms with Crippen molar-refractivity contribution in [3.8, 4) is 6.07 Å². The van der Waals surface area contributed by atoms with E-state index in [1.807, 2.05) is 13.0 Å². The fraction of sp³-hybridized carbons (Fsp3) is 0.385. The molecule has 0 bridgehead atoms. The molecule has 0 fully saturated rings. The summed E-state index contributed by atoms with van der Waals surface area (Å²) in [4.78, 5) is 11.8. The molecule has 0 spiro atoms. The Morgan fingerprint density at radius 2 is 2.35 bits per heavy atom. The minimum atomic E-state index is -0.0947. The molecule has 1 aliphatic rings. The van der Waals surface area contributed by atoms with Crippen molar-refractivity contribution in [2.75, 3.05) is 5.32 Å². The molecule has 1 heterocycles. The predicted molar refractivity (Wildman–Crippen MR) is 66.9 cm³/mol. The maximum atomic E-state index is 11.8. The normalized spacial score (nSPS) is 18.2. The number of carbonyl (C=O) groups excluding carboxylic acids is 1. The van der Waals surface area contributed by atoms with E-state index in [9.17, 15) is 4.79 Å². The van der Waals surface area contributed by atoms with Gasteiger partial charge in [0.1, 0.15) is 0 Å². The first-order valence-electron chi connectivity index (χ1n) is 5.58. The molecule has 4 heteroatoms. The Morgan fingerprint density at radius 1 is 1.59 bits per heavy atom. The Labute approximate surface area is 105 Å². The van der Waals surface area contributed by atoms with Gasteiger partial charge in [-0.15, -0.1) is 0 Å². The number of nitriles is 1. The summed E-state index contributed by atoms with van der Waals surface area (Å²) in [6.07, 6.45) is 1.73. The first-order valence-corrected chi connectivity index (χ1v) is 5.96. The van der Waals surface area contributed by atoms with Crippen molar-refractivity contribution >= 4 is 23.2 Å². The maximum Gasteiger partial charge on any atom is 0.227 e. The van der Waals surface area contributed by atoms with Gasteiger partial charge in [-0.2, -0.15) is 5.26 Å². The number of fused-ring (bicyclic) bond motifs is 1. The van der Waals surface area contributed by atoms with Crippen LogP contribution in [-0.4, -0.2) is 5.91 Å². The van der Waals surface area contributed by atoms with Gasteiger partial charge in [0.05, 0.1) is 6.07 Å². The van der Waals surface area contributed by atoms with Crippen LogP contribution in [0.3, 0.4) is 0 Å². The van der Waals surface area contributed by atoms with Crippen molar-refractivity contribution in [1.29, 1.82) is 5.26 Å². The standard InChI is InChI=1S/C13H13ClN2O/c1-8-5-10-6-9(3-2-4-15)13(17)16-12(10)7-11(8)14/h5,7,9H,2-3,6H2,1H3,(H,16,17). The van der Waals surface area contributed by atoms with Crippen molar-refractivity contribution in [2.45, 2.75) is 26.2 Å². The smallest absolute Gasteiger partial charge is 0.227 e. The number of amides is 1. The van der Waals surface area contributed by atoms with Gasteiger partial charge in [0, 0.05) is 23.0 Å². The van der Waals surface area contributed by atoms with Crippen LogP contribution in [0.5, 0.6) is 0 Å². The van der Waals surface area contributed by atoms with Crippen molar-refractivity contribution in [2.24, 2.45) is 5.92 Å². The molecule has 1 aromatic carbocycles. The second kappa shape index (κ2) is 4.77. The summed E-state index contributed by atoms with van der Waals surface area (Å²) in [7, 11) is 0. The Hall–Kier alpha value is -1.53. The van der Waals surface area contributed by atoms with Gasteiger partial charge in [-0.05, 0) is 37.0 Å². The summed E-state index contributed by atoms with van der Waals surface area (Å²) >= 11 is 6.02. The summed E-state index contributed by atoms with van der Waals surface area (Å²) in [6, 6.07) is 5.89. The number of halogens is 1. The van der Waals surface area contributed by atoms with Crippen molar-refractivity contribution in [3.05, 3.63) is 28.3 Å². The zero-order chi connectivity index (χ0) is 12.4. The minimum Gasteiger partial charge on any atom is -0.326 e. The van der Waals surface area contributed by atoms with Gasteiger partial charge in [-0.3, -0.25) is 4.79 Å². The van der Waals surface area contributed by atoms with Crippen molar-refractivity contribution < 1.29 is 4.79 Å². The molecule has 2 rings (SSSR count). The zero-order valence-electron chi connectivity index (χ0n) is 9.59. The molecule has 0 aromatic heterocycles. The summed E-state index contributed by atoms with van der Waals surface area (Å²) in [5.74, 6) is -0.101. The summed E-state index contributed by atoms with van der Waals surface area (Å²) in [6.45, 7) is 1.95. The van der Waals surface area contributed by atoms with Crippen LogP contribution in [0, 0.1) is 24.2 Å². The molecule has 0 saturated carbocycles. The number of carbonyl (C=O) groups is 1. The van der Waals surface area contributed by atoms with E-state index in [1.54, 1.807) is 6.07 Å². The molecule has 1 N–H and O–H groups in total. The number of hydrogen-bond donors (Lipinski definition) is 1. The van der Waals surface area contributed by atoms with Crippen LogP contribution in [0.4, 0.5) is 5.69 Å². The van der Waals surface area contributed by atoms with Crippen molar-refractivity contribution in [3.63, 3.8) is 0 Å². The summed E-state index contributed by atoms with van der Waals surface area (Å²) in [5, 5.41) is 12.1. The van der Waals surface area contributed by atoms with Crippen LogP contribution in [0.2, 0.25) is 5.02 Å². The Bertz CT molecular complexity index is 505. The van der Waals surface area contributed by atoms with Crippen LogP contribution >= 0.6 is 11.6 Å². The third-order valence-corrected chi connectivity index (χ3v) is 3.49. The second-order valence-electron chi connectivity index (χ2n) is 4.35. The Kier molecular flexibility index (Phi) is 3.35. The number of benzene rings is 1. The first kappa shape index (κ1) is 11.9. The molecule has 0 saturated heterocycles. The molecule has 1 aliphatic heterocycles. The van der Waals surface area contributed by atoms with E-state index < -0.39 is 0 Å². The number of nitrogens with one attached hydrogen (secondary N) is 1. The van der Waals surface area contributed by atoms with Gasteiger partial charge in [0.25, 0.3) is 0 Å². The number of hydrogen-bond acceptors (Lipinski definition) is 2. The van der Waals surface area contributed by atoms with Crippen LogP contribution < -0.4 is 5.32 Å². The third kappa shape index (κ3) is 2.42. The molecular weight excluding hydrogens is 236 g/mol. The van der Waals surface area contributed by atoms with Gasteiger partial charge < -0.3 is 5.32 Å². The zero-order valence-corrected chi connectivity index (χ0v) is 10.3. The molecule has 0 aliphatic carbocycles. The summed E-state index contributed by atoms with van der Waals surface area (Å²) in [5.41, 5.74) is 2.92. The monoisotopic (exact) mass is 248 g/mol. The highest BCUT2D eigenvalue weighted by atomic mass is 35.5. The highest BCUT2D eigenvalue weighted by Crippen LogP contribution is 2.32. The quantitative estimate of drug-likeness (QED) is 0.875. The summed E-state index contributed by atoms with van der Waals surface area (Å²) < 4.78 is 0. The second-order valence-corrected chi connectivity index (χ2v) is 4.75. The third-order valence-electron chi connectivity index (χ3n) is 3.08. The van der Waals surface area contributed by atoms with E-state index >= 15 is 0 Å². The molecule has 3 nitrogen and oxygen atoms in total. The molecule has 1 amide bonds. The van der Waals surface area contributed by atoms with E-state index in [0.717, 1.165) is 16.8 Å². The maximum absolute atomic E-state index is 11.8. The number of aryl methyl sites for hydroxylation is 1. The van der Waals surface area contributed by atoms with Crippen LogP contribution in [0.25, 0.3) is 0 Å². The highest BCUT2D eigenvalue weighted by molar-refractivity contribution is 6.31. The Morgan fingerprint density at radius 3 is 3.06 bits per heavy atom. The predicted octanol–water partition coefficient (Wildman–Crippen LogP) is 3.06. The van der Waals surface area contributed by atoms with Crippen LogP contribution in [0.1, 0.15) is 24.0 Å². The lowest BCUT2D eigenvalue weighted by atomic mass is 9.89. The lowest BCUT2D eigenvalue weighted by Gasteiger charge is -2.24. The van der Waals surface area contributed by atoms with Gasteiger partial charge >= 0.3 is 0 Å². The van der Waals surface area contributed by atoms with Gasteiger partial charge in [-0.25, -0.2) is 0 Å². The average Bonchev–Trinajstić information content (AvgIpc) is 2.29. The van der Waals surface area contributed by atoms with E-state index in [0.29, 0.717) is 24.3 Å². The lowest BCUT2D eigenvalue weighted by molar-refractivity contribution is -0.120. The van der Waals surface area contributed by atoms with E-state index in [4.69, 9.17) is 16.9 Å². The van der Waals surface area contributed by atoms with E-state index in [2.05, 4.69) is 11.4 Å². The molecule has 17 heavy (non-hydrogen) atoms. The fourth-order valence-electron chi connectivity index (χ4n) is 2.09. The van der Waals surface area contributed by atoms with Crippen molar-refractivity contribution in [1.82, 2.24) is 0 Å². The molecule has 1 atom stereocenters. The largest absolute Gasteiger partial charge is 0.326 e. The molecule has 0 radical (unpaired) electrons. The van der Waals surface area contributed by atoms with Gasteiger partial charge in [0.2, 0.25) is 5.91 Å². The molecule has 88 valence electrons. The number of nitrogens with zero attached hydrogens (tertiary/aromatic N) is 1. The molecule has 1 unspecified atom stereocenters. The van der Waals surface area contributed by atoms with Crippen LogP contribution in [0.15, 0.2) is 12.1 Å². The van der Waals surface area contributed by atoms with Crippen LogP contribution in [-0.2, 0) is 11.2 Å². The number of rotatable bonds is 2. The average molecular weight is 249 g/mol. The molecular formula is C13H13ClN2O. The highest BCUT2D eigenvalue weighted by Gasteiger charge is 2.26. The van der Waals surface area contributed by atoms with E-state index in [1.165, 1.54) is 0 Å². The Balaban J connectivity index is 2.25. The van der Waals surface area contributed by atoms with E-state index in [-0.39, 0.29) is 11.8 Å². The number of anilines is 1. The lowest BCUT2D eigenvalue weighted by Crippen LogP contribution is -2.29. The first-order chi connectivity index (χ1) is 8.11. The molecule has 1 aromatic rings.